The first kappa shape index (κ1) is 15.3. The number of piperidine rings is 1. The number of hydrogen-bond acceptors (Lipinski definition) is 4. The highest BCUT2D eigenvalue weighted by Gasteiger charge is 2.45. The Morgan fingerprint density at radius 1 is 1.35 bits per heavy atom. The fourth-order valence-electron chi connectivity index (χ4n) is 3.21. The van der Waals surface area contributed by atoms with Gasteiger partial charge in [-0.05, 0) is 25.7 Å². The van der Waals surface area contributed by atoms with Gasteiger partial charge in [0.25, 0.3) is 0 Å². The van der Waals surface area contributed by atoms with Crippen molar-refractivity contribution in [2.45, 2.75) is 50.2 Å². The number of carbonyl (C=O) groups is 2. The minimum Gasteiger partial charge on any atom is -0.481 e. The molecular formula is C14H23NO5. The van der Waals surface area contributed by atoms with E-state index in [1.54, 1.807) is 12.0 Å². The fraction of sp³-hybridized carbons (Fsp3) is 0.857. The smallest absolute Gasteiger partial charge is 0.303 e. The Morgan fingerprint density at radius 2 is 2.05 bits per heavy atom. The molecule has 2 fully saturated rings. The van der Waals surface area contributed by atoms with E-state index >= 15 is 0 Å². The largest absolute Gasteiger partial charge is 0.481 e. The maximum absolute atomic E-state index is 11.9. The van der Waals surface area contributed by atoms with E-state index in [0.29, 0.717) is 13.1 Å². The molecule has 1 atom stereocenters. The molecule has 1 N–H and O–H groups in total. The van der Waals surface area contributed by atoms with Gasteiger partial charge >= 0.3 is 5.97 Å². The van der Waals surface area contributed by atoms with E-state index in [0.717, 1.165) is 32.3 Å². The van der Waals surface area contributed by atoms with Crippen molar-refractivity contribution in [3.63, 3.8) is 0 Å². The maximum atomic E-state index is 11.9. The van der Waals surface area contributed by atoms with Crippen molar-refractivity contribution in [2.75, 3.05) is 26.8 Å². The number of aliphatic carboxylic acids is 1. The summed E-state index contributed by atoms with van der Waals surface area (Å²) in [5, 5.41) is 8.62. The molecule has 1 spiro atoms. The third-order valence-electron chi connectivity index (χ3n) is 4.39. The average molecular weight is 285 g/mol. The molecule has 2 aliphatic heterocycles. The molecule has 2 saturated heterocycles. The van der Waals surface area contributed by atoms with Crippen LogP contribution in [0, 0.1) is 0 Å². The fourth-order valence-corrected chi connectivity index (χ4v) is 3.21. The molecule has 2 aliphatic rings. The molecule has 0 aromatic carbocycles. The van der Waals surface area contributed by atoms with Crippen molar-refractivity contribution in [1.82, 2.24) is 4.90 Å². The molecule has 0 aromatic rings. The van der Waals surface area contributed by atoms with Gasteiger partial charge in [0.05, 0.1) is 18.1 Å². The first-order valence-corrected chi connectivity index (χ1v) is 7.24. The van der Waals surface area contributed by atoms with E-state index in [4.69, 9.17) is 14.6 Å². The predicted molar refractivity (Wildman–Crippen MR) is 71.4 cm³/mol. The van der Waals surface area contributed by atoms with E-state index in [2.05, 4.69) is 0 Å². The van der Waals surface area contributed by atoms with Crippen molar-refractivity contribution in [3.05, 3.63) is 0 Å². The van der Waals surface area contributed by atoms with Crippen LogP contribution in [0.15, 0.2) is 0 Å². The summed E-state index contributed by atoms with van der Waals surface area (Å²) in [4.78, 5) is 24.2. The molecule has 2 rings (SSSR count). The van der Waals surface area contributed by atoms with Crippen molar-refractivity contribution < 1.29 is 24.2 Å². The number of amides is 1. The van der Waals surface area contributed by atoms with Crippen LogP contribution in [0.1, 0.15) is 38.5 Å². The Morgan fingerprint density at radius 3 is 2.65 bits per heavy atom. The van der Waals surface area contributed by atoms with Crippen LogP contribution in [0.3, 0.4) is 0 Å². The molecule has 2 heterocycles. The van der Waals surface area contributed by atoms with E-state index in [1.807, 2.05) is 0 Å². The lowest BCUT2D eigenvalue weighted by Gasteiger charge is -2.48. The SMILES string of the molecule is CO[C@H]1CCCOC12CCN(C(=O)CCC(=O)O)CC2. The molecule has 0 bridgehead atoms. The first-order chi connectivity index (χ1) is 9.57. The number of ether oxygens (including phenoxy) is 2. The summed E-state index contributed by atoms with van der Waals surface area (Å²) in [6.45, 7) is 2.00. The van der Waals surface area contributed by atoms with E-state index < -0.39 is 5.97 Å². The Labute approximate surface area is 119 Å². The van der Waals surface area contributed by atoms with Crippen molar-refractivity contribution in [3.8, 4) is 0 Å². The second-order valence-corrected chi connectivity index (χ2v) is 5.55. The molecule has 6 nitrogen and oxygen atoms in total. The molecule has 0 saturated carbocycles. The Hall–Kier alpha value is -1.14. The minimum atomic E-state index is -0.929. The number of rotatable bonds is 4. The van der Waals surface area contributed by atoms with Gasteiger partial charge in [0.15, 0.2) is 0 Å². The number of hydrogen-bond donors (Lipinski definition) is 1. The zero-order valence-corrected chi connectivity index (χ0v) is 12.0. The highest BCUT2D eigenvalue weighted by atomic mass is 16.5. The molecular weight excluding hydrogens is 262 g/mol. The van der Waals surface area contributed by atoms with Crippen LogP contribution in [0.4, 0.5) is 0 Å². The number of likely N-dealkylation sites (tertiary alicyclic amines) is 1. The Kier molecular flexibility index (Phi) is 4.99. The molecule has 0 aliphatic carbocycles. The summed E-state index contributed by atoms with van der Waals surface area (Å²) < 4.78 is 11.5. The average Bonchev–Trinajstić information content (AvgIpc) is 2.46. The minimum absolute atomic E-state index is 0.0768. The lowest BCUT2D eigenvalue weighted by molar-refractivity contribution is -0.188. The van der Waals surface area contributed by atoms with Crippen LogP contribution in [-0.2, 0) is 19.1 Å². The zero-order valence-electron chi connectivity index (χ0n) is 12.0. The number of carbonyl (C=O) groups excluding carboxylic acids is 1. The second-order valence-electron chi connectivity index (χ2n) is 5.55. The van der Waals surface area contributed by atoms with Crippen LogP contribution in [0.25, 0.3) is 0 Å². The van der Waals surface area contributed by atoms with E-state index in [9.17, 15) is 9.59 Å². The molecule has 0 unspecified atom stereocenters. The molecule has 0 aromatic heterocycles. The number of carboxylic acid groups (broad SMARTS) is 1. The number of carboxylic acids is 1. The Bertz CT molecular complexity index is 363. The summed E-state index contributed by atoms with van der Waals surface area (Å²) >= 11 is 0. The predicted octanol–water partition coefficient (Wildman–Crippen LogP) is 1.04. The second kappa shape index (κ2) is 6.54. The highest BCUT2D eigenvalue weighted by molar-refractivity contribution is 5.80. The lowest BCUT2D eigenvalue weighted by atomic mass is 9.81. The van der Waals surface area contributed by atoms with Gasteiger partial charge in [-0.15, -0.1) is 0 Å². The van der Waals surface area contributed by atoms with Gasteiger partial charge in [0, 0.05) is 33.2 Å². The van der Waals surface area contributed by atoms with Crippen molar-refractivity contribution >= 4 is 11.9 Å². The van der Waals surface area contributed by atoms with E-state index in [-0.39, 0.29) is 30.5 Å². The third kappa shape index (κ3) is 3.30. The van der Waals surface area contributed by atoms with Gasteiger partial charge in [-0.25, -0.2) is 0 Å². The van der Waals surface area contributed by atoms with Crippen LogP contribution in [-0.4, -0.2) is 60.4 Å². The molecule has 6 heteroatoms. The lowest BCUT2D eigenvalue weighted by Crippen LogP contribution is -2.56. The monoisotopic (exact) mass is 285 g/mol. The van der Waals surface area contributed by atoms with Gasteiger partial charge in [-0.2, -0.15) is 0 Å². The van der Waals surface area contributed by atoms with Gasteiger partial charge < -0.3 is 19.5 Å². The Balaban J connectivity index is 1.87. The normalized spacial score (nSPS) is 25.6. The summed E-state index contributed by atoms with van der Waals surface area (Å²) in [6, 6.07) is 0. The first-order valence-electron chi connectivity index (χ1n) is 7.24. The summed E-state index contributed by atoms with van der Waals surface area (Å²) in [7, 11) is 1.71. The molecule has 114 valence electrons. The van der Waals surface area contributed by atoms with Crippen LogP contribution < -0.4 is 0 Å². The summed E-state index contributed by atoms with van der Waals surface area (Å²) in [6.07, 6.45) is 3.64. The molecule has 0 radical (unpaired) electrons. The zero-order chi connectivity index (χ0) is 14.6. The van der Waals surface area contributed by atoms with Gasteiger partial charge in [-0.1, -0.05) is 0 Å². The number of nitrogens with zero attached hydrogens (tertiary/aromatic N) is 1. The van der Waals surface area contributed by atoms with Crippen LogP contribution in [0.2, 0.25) is 0 Å². The van der Waals surface area contributed by atoms with Crippen LogP contribution in [0.5, 0.6) is 0 Å². The molecule has 1 amide bonds. The van der Waals surface area contributed by atoms with Gasteiger partial charge in [0.1, 0.15) is 0 Å². The maximum Gasteiger partial charge on any atom is 0.303 e. The third-order valence-corrected chi connectivity index (χ3v) is 4.39. The summed E-state index contributed by atoms with van der Waals surface area (Å²) in [5.74, 6) is -1.01. The standard InChI is InChI=1S/C14H23NO5/c1-19-11-3-2-10-20-14(11)6-8-15(9-7-14)12(16)4-5-13(17)18/h11H,2-10H2,1H3,(H,17,18)/t11-/m0/s1. The summed E-state index contributed by atoms with van der Waals surface area (Å²) in [5.41, 5.74) is -0.253. The van der Waals surface area contributed by atoms with Crippen molar-refractivity contribution in [2.24, 2.45) is 0 Å². The van der Waals surface area contributed by atoms with Crippen LogP contribution >= 0.6 is 0 Å². The van der Waals surface area contributed by atoms with E-state index in [1.165, 1.54) is 0 Å². The highest BCUT2D eigenvalue weighted by Crippen LogP contribution is 2.36. The topological polar surface area (TPSA) is 76.1 Å². The number of methoxy groups -OCH3 is 1. The van der Waals surface area contributed by atoms with Crippen molar-refractivity contribution in [1.29, 1.82) is 0 Å². The quantitative estimate of drug-likeness (QED) is 0.835. The van der Waals surface area contributed by atoms with Gasteiger partial charge in [-0.3, -0.25) is 9.59 Å². The van der Waals surface area contributed by atoms with Gasteiger partial charge in [0.2, 0.25) is 5.91 Å². The molecule has 20 heavy (non-hydrogen) atoms.